The van der Waals surface area contributed by atoms with E-state index in [1.165, 1.54) is 0 Å². The zero-order valence-electron chi connectivity index (χ0n) is 8.83. The van der Waals surface area contributed by atoms with E-state index in [2.05, 4.69) is 31.3 Å². The van der Waals surface area contributed by atoms with Gasteiger partial charge in [0.15, 0.2) is 0 Å². The normalized spacial score (nSPS) is 10.5. The molecular formula is C10H10BrClN4. The third kappa shape index (κ3) is 2.36. The molecule has 1 aromatic heterocycles. The Morgan fingerprint density at radius 2 is 2.19 bits per heavy atom. The second-order valence-electron chi connectivity index (χ2n) is 3.42. The molecule has 0 radical (unpaired) electrons. The van der Waals surface area contributed by atoms with Crippen molar-refractivity contribution >= 4 is 39.2 Å². The second-order valence-corrected chi connectivity index (χ2v) is 4.53. The summed E-state index contributed by atoms with van der Waals surface area (Å²) in [7, 11) is 1.82. The van der Waals surface area contributed by atoms with E-state index in [0.29, 0.717) is 10.7 Å². The average molecular weight is 302 g/mol. The van der Waals surface area contributed by atoms with Crippen LogP contribution in [0.5, 0.6) is 0 Å². The van der Waals surface area contributed by atoms with Gasteiger partial charge in [-0.15, -0.1) is 5.10 Å². The number of aromatic nitrogens is 3. The molecule has 0 atom stereocenters. The highest BCUT2D eigenvalue weighted by Crippen LogP contribution is 2.22. The van der Waals surface area contributed by atoms with Gasteiger partial charge in [0.2, 0.25) is 10.7 Å². The molecule has 0 amide bonds. The van der Waals surface area contributed by atoms with Gasteiger partial charge in [-0.3, -0.25) is 0 Å². The highest BCUT2D eigenvalue weighted by atomic mass is 79.9. The van der Waals surface area contributed by atoms with Crippen molar-refractivity contribution in [3.8, 4) is 0 Å². The first-order valence-electron chi connectivity index (χ1n) is 4.66. The summed E-state index contributed by atoms with van der Waals surface area (Å²) in [5, 5.41) is 7.94. The largest absolute Gasteiger partial charge is 0.324 e. The van der Waals surface area contributed by atoms with Crippen molar-refractivity contribution < 1.29 is 0 Å². The van der Waals surface area contributed by atoms with Crippen molar-refractivity contribution in [3.63, 3.8) is 0 Å². The lowest BCUT2D eigenvalue weighted by molar-refractivity contribution is 0.769. The molecule has 0 saturated heterocycles. The van der Waals surface area contributed by atoms with Gasteiger partial charge in [0.1, 0.15) is 0 Å². The van der Waals surface area contributed by atoms with E-state index in [-0.39, 0.29) is 0 Å². The molecule has 1 heterocycles. The predicted octanol–water partition coefficient (Wildman–Crippen LogP) is 3.28. The average Bonchev–Trinajstić information content (AvgIpc) is 2.51. The number of rotatable bonds is 2. The predicted molar refractivity (Wildman–Crippen MR) is 68.2 cm³/mol. The maximum absolute atomic E-state index is 6.03. The number of halogens is 2. The number of nitrogens with zero attached hydrogens (tertiary/aromatic N) is 3. The molecule has 2 aromatic rings. The SMILES string of the molecule is Cc1ccc(Nc2nc(Br)nn2C)cc1Cl. The Hall–Kier alpha value is -1.07. The van der Waals surface area contributed by atoms with Crippen LogP contribution in [-0.4, -0.2) is 14.8 Å². The maximum Gasteiger partial charge on any atom is 0.226 e. The van der Waals surface area contributed by atoms with Crippen LogP contribution in [0.2, 0.25) is 5.02 Å². The molecule has 6 heteroatoms. The van der Waals surface area contributed by atoms with Crippen LogP contribution in [0.4, 0.5) is 11.6 Å². The van der Waals surface area contributed by atoms with Crippen LogP contribution in [0.15, 0.2) is 22.9 Å². The number of benzene rings is 1. The summed E-state index contributed by atoms with van der Waals surface area (Å²) in [6.45, 7) is 1.96. The van der Waals surface area contributed by atoms with E-state index in [0.717, 1.165) is 16.3 Å². The lowest BCUT2D eigenvalue weighted by atomic mass is 10.2. The Kier molecular flexibility index (Phi) is 3.16. The Balaban J connectivity index is 2.27. The fraction of sp³-hybridized carbons (Fsp3) is 0.200. The number of aryl methyl sites for hydroxylation is 2. The first kappa shape index (κ1) is 11.4. The van der Waals surface area contributed by atoms with Crippen LogP contribution in [0, 0.1) is 6.92 Å². The first-order valence-corrected chi connectivity index (χ1v) is 5.83. The van der Waals surface area contributed by atoms with E-state index < -0.39 is 0 Å². The van der Waals surface area contributed by atoms with E-state index in [9.17, 15) is 0 Å². The zero-order chi connectivity index (χ0) is 11.7. The fourth-order valence-corrected chi connectivity index (χ4v) is 1.85. The summed E-state index contributed by atoms with van der Waals surface area (Å²) in [6, 6.07) is 5.76. The second kappa shape index (κ2) is 4.43. The number of hydrogen-bond donors (Lipinski definition) is 1. The standard InChI is InChI=1S/C10H10BrClN4/c1-6-3-4-7(5-8(6)12)13-10-14-9(11)15-16(10)2/h3-5H,1-2H3,(H,13,14,15). The highest BCUT2D eigenvalue weighted by Gasteiger charge is 2.05. The van der Waals surface area contributed by atoms with Gasteiger partial charge < -0.3 is 5.32 Å². The van der Waals surface area contributed by atoms with Gasteiger partial charge in [0.05, 0.1) is 0 Å². The van der Waals surface area contributed by atoms with E-state index in [1.807, 2.05) is 32.2 Å². The number of nitrogens with one attached hydrogen (secondary N) is 1. The molecule has 0 unspecified atom stereocenters. The summed E-state index contributed by atoms with van der Waals surface area (Å²) >= 11 is 9.25. The molecule has 84 valence electrons. The van der Waals surface area contributed by atoms with Crippen molar-refractivity contribution in [2.45, 2.75) is 6.92 Å². The molecule has 0 fully saturated rings. The van der Waals surface area contributed by atoms with E-state index in [1.54, 1.807) is 4.68 Å². The molecule has 0 aliphatic heterocycles. The molecule has 0 saturated carbocycles. The van der Waals surface area contributed by atoms with Crippen molar-refractivity contribution in [1.82, 2.24) is 14.8 Å². The Morgan fingerprint density at radius 3 is 2.75 bits per heavy atom. The number of anilines is 2. The van der Waals surface area contributed by atoms with Crippen LogP contribution < -0.4 is 5.32 Å². The van der Waals surface area contributed by atoms with Gasteiger partial charge in [-0.1, -0.05) is 17.7 Å². The smallest absolute Gasteiger partial charge is 0.226 e. The summed E-state index contributed by atoms with van der Waals surface area (Å²) in [4.78, 5) is 4.17. The van der Waals surface area contributed by atoms with Gasteiger partial charge in [-0.05, 0) is 40.5 Å². The molecule has 0 spiro atoms. The Labute approximate surface area is 107 Å². The van der Waals surface area contributed by atoms with Gasteiger partial charge in [0.25, 0.3) is 0 Å². The van der Waals surface area contributed by atoms with E-state index in [4.69, 9.17) is 11.6 Å². The van der Waals surface area contributed by atoms with Crippen LogP contribution in [0.1, 0.15) is 5.56 Å². The van der Waals surface area contributed by atoms with Crippen molar-refractivity contribution in [1.29, 1.82) is 0 Å². The highest BCUT2D eigenvalue weighted by molar-refractivity contribution is 9.10. The monoisotopic (exact) mass is 300 g/mol. The summed E-state index contributed by atoms with van der Waals surface area (Å²) < 4.78 is 2.20. The van der Waals surface area contributed by atoms with Gasteiger partial charge in [-0.25, -0.2) is 4.68 Å². The minimum atomic E-state index is 0.552. The minimum absolute atomic E-state index is 0.552. The van der Waals surface area contributed by atoms with Crippen LogP contribution in [-0.2, 0) is 7.05 Å². The van der Waals surface area contributed by atoms with Gasteiger partial charge in [0, 0.05) is 17.8 Å². The minimum Gasteiger partial charge on any atom is -0.324 e. The van der Waals surface area contributed by atoms with Crippen molar-refractivity contribution in [2.24, 2.45) is 7.05 Å². The molecule has 0 aliphatic rings. The molecule has 1 aromatic carbocycles. The molecule has 2 rings (SSSR count). The Bertz CT molecular complexity index is 524. The van der Waals surface area contributed by atoms with Crippen molar-refractivity contribution in [3.05, 3.63) is 33.5 Å². The molecule has 16 heavy (non-hydrogen) atoms. The molecule has 1 N–H and O–H groups in total. The molecule has 0 bridgehead atoms. The van der Waals surface area contributed by atoms with Gasteiger partial charge in [-0.2, -0.15) is 4.98 Å². The third-order valence-electron chi connectivity index (χ3n) is 2.17. The summed E-state index contributed by atoms with van der Waals surface area (Å²) in [5.74, 6) is 0.659. The lowest BCUT2D eigenvalue weighted by Gasteiger charge is -2.06. The van der Waals surface area contributed by atoms with Crippen LogP contribution in [0.3, 0.4) is 0 Å². The molecular weight excluding hydrogens is 291 g/mol. The lowest BCUT2D eigenvalue weighted by Crippen LogP contribution is -2.00. The quantitative estimate of drug-likeness (QED) is 0.925. The van der Waals surface area contributed by atoms with Crippen molar-refractivity contribution in [2.75, 3.05) is 5.32 Å². The maximum atomic E-state index is 6.03. The number of hydrogen-bond acceptors (Lipinski definition) is 3. The van der Waals surface area contributed by atoms with Gasteiger partial charge >= 0.3 is 0 Å². The summed E-state index contributed by atoms with van der Waals surface area (Å²) in [6.07, 6.45) is 0. The topological polar surface area (TPSA) is 42.7 Å². The van der Waals surface area contributed by atoms with Crippen LogP contribution in [0.25, 0.3) is 0 Å². The fourth-order valence-electron chi connectivity index (χ4n) is 1.26. The van der Waals surface area contributed by atoms with Crippen LogP contribution >= 0.6 is 27.5 Å². The molecule has 0 aliphatic carbocycles. The molecule has 4 nitrogen and oxygen atoms in total. The Morgan fingerprint density at radius 1 is 1.44 bits per heavy atom. The zero-order valence-corrected chi connectivity index (χ0v) is 11.2. The summed E-state index contributed by atoms with van der Waals surface area (Å²) in [5.41, 5.74) is 1.94. The first-order chi connectivity index (χ1) is 7.56. The third-order valence-corrected chi connectivity index (χ3v) is 2.91. The van der Waals surface area contributed by atoms with E-state index >= 15 is 0 Å².